The molecular formula is C19H17N7O2S. The van der Waals surface area contributed by atoms with Gasteiger partial charge in [-0.15, -0.1) is 0 Å². The second-order valence-electron chi connectivity index (χ2n) is 6.91. The van der Waals surface area contributed by atoms with Crippen molar-refractivity contribution in [1.82, 2.24) is 24.7 Å². The zero-order chi connectivity index (χ0) is 20.0. The van der Waals surface area contributed by atoms with Gasteiger partial charge in [0.25, 0.3) is 0 Å². The first-order chi connectivity index (χ1) is 14.1. The lowest BCUT2D eigenvalue weighted by Crippen LogP contribution is -2.12. The van der Waals surface area contributed by atoms with E-state index < -0.39 is 0 Å². The molecule has 146 valence electrons. The van der Waals surface area contributed by atoms with Crippen molar-refractivity contribution in [2.45, 2.75) is 19.8 Å². The van der Waals surface area contributed by atoms with Crippen LogP contribution < -0.4 is 10.6 Å². The van der Waals surface area contributed by atoms with Crippen LogP contribution in [0.5, 0.6) is 0 Å². The van der Waals surface area contributed by atoms with E-state index in [4.69, 9.17) is 0 Å². The largest absolute Gasteiger partial charge is 0.326 e. The standard InChI is InChI=1S/C19H17N7O2S/c1-10(27)21-13-6-4-11(5-7-13)14-8-20-9-26(14)17-15-16(24-25-17)22-19(29-15)23-18(28)12-2-3-12/h4-9,12H,2-3H2,1H3,(H,21,27)(H2,22,23,24,25,28). The van der Waals surface area contributed by atoms with E-state index in [0.717, 1.165) is 34.5 Å². The number of fused-ring (bicyclic) bond motifs is 1. The highest BCUT2D eigenvalue weighted by Crippen LogP contribution is 2.34. The number of thiazole rings is 1. The lowest BCUT2D eigenvalue weighted by atomic mass is 10.1. The van der Waals surface area contributed by atoms with Crippen molar-refractivity contribution >= 4 is 44.3 Å². The van der Waals surface area contributed by atoms with Gasteiger partial charge in [-0.05, 0) is 25.0 Å². The van der Waals surface area contributed by atoms with E-state index in [1.54, 1.807) is 12.5 Å². The van der Waals surface area contributed by atoms with Gasteiger partial charge in [-0.2, -0.15) is 5.10 Å². The molecule has 4 aromatic rings. The lowest BCUT2D eigenvalue weighted by molar-refractivity contribution is -0.117. The molecule has 3 aromatic heterocycles. The molecule has 0 aliphatic heterocycles. The Labute approximate surface area is 169 Å². The van der Waals surface area contributed by atoms with Crippen molar-refractivity contribution in [3.05, 3.63) is 36.8 Å². The van der Waals surface area contributed by atoms with Gasteiger partial charge in [0.15, 0.2) is 16.6 Å². The van der Waals surface area contributed by atoms with E-state index >= 15 is 0 Å². The van der Waals surface area contributed by atoms with Crippen LogP contribution in [0.1, 0.15) is 19.8 Å². The van der Waals surface area contributed by atoms with Crippen LogP contribution in [0, 0.1) is 5.92 Å². The summed E-state index contributed by atoms with van der Waals surface area (Å²) in [5, 5.41) is 13.5. The number of hydrogen-bond acceptors (Lipinski definition) is 6. The Hall–Kier alpha value is -3.53. The highest BCUT2D eigenvalue weighted by molar-refractivity contribution is 7.22. The Morgan fingerprint density at radius 2 is 2.00 bits per heavy atom. The maximum atomic E-state index is 12.0. The smallest absolute Gasteiger partial charge is 0.229 e. The first kappa shape index (κ1) is 17.6. The molecule has 1 saturated carbocycles. The van der Waals surface area contributed by atoms with Crippen molar-refractivity contribution in [2.24, 2.45) is 5.92 Å². The number of aromatic amines is 1. The molecule has 1 aromatic carbocycles. The third-order valence-corrected chi connectivity index (χ3v) is 5.61. The number of H-pyrrole nitrogens is 1. The Morgan fingerprint density at radius 1 is 1.21 bits per heavy atom. The normalized spacial score (nSPS) is 13.6. The van der Waals surface area contributed by atoms with Crippen LogP contribution >= 0.6 is 11.3 Å². The molecule has 0 bridgehead atoms. The molecule has 10 heteroatoms. The van der Waals surface area contributed by atoms with E-state index in [9.17, 15) is 9.59 Å². The molecular weight excluding hydrogens is 390 g/mol. The molecule has 1 fully saturated rings. The molecule has 29 heavy (non-hydrogen) atoms. The fourth-order valence-corrected chi connectivity index (χ4v) is 3.98. The first-order valence-electron chi connectivity index (χ1n) is 9.15. The van der Waals surface area contributed by atoms with Crippen molar-refractivity contribution in [2.75, 3.05) is 10.6 Å². The van der Waals surface area contributed by atoms with Gasteiger partial charge in [0.05, 0.1) is 11.9 Å². The number of nitrogens with zero attached hydrogens (tertiary/aromatic N) is 4. The van der Waals surface area contributed by atoms with Gasteiger partial charge >= 0.3 is 0 Å². The first-order valence-corrected chi connectivity index (χ1v) is 9.96. The van der Waals surface area contributed by atoms with Crippen LogP contribution in [0.3, 0.4) is 0 Å². The topological polar surface area (TPSA) is 118 Å². The van der Waals surface area contributed by atoms with Crippen LogP contribution in [0.4, 0.5) is 10.8 Å². The number of carbonyl (C=O) groups is 2. The number of anilines is 2. The number of amides is 2. The average Bonchev–Trinajstić information content (AvgIpc) is 3.12. The number of carbonyl (C=O) groups excluding carboxylic acids is 2. The summed E-state index contributed by atoms with van der Waals surface area (Å²) in [5.41, 5.74) is 3.13. The molecule has 0 radical (unpaired) electrons. The molecule has 0 atom stereocenters. The van der Waals surface area contributed by atoms with Crippen molar-refractivity contribution in [3.63, 3.8) is 0 Å². The van der Waals surface area contributed by atoms with E-state index in [2.05, 4.69) is 30.8 Å². The van der Waals surface area contributed by atoms with Gasteiger partial charge in [-0.25, -0.2) is 9.97 Å². The van der Waals surface area contributed by atoms with Gasteiger partial charge in [0.1, 0.15) is 11.0 Å². The third-order valence-electron chi connectivity index (χ3n) is 4.64. The summed E-state index contributed by atoms with van der Waals surface area (Å²) >= 11 is 1.38. The number of imidazole rings is 1. The molecule has 1 aliphatic rings. The minimum Gasteiger partial charge on any atom is -0.326 e. The van der Waals surface area contributed by atoms with E-state index in [-0.39, 0.29) is 17.7 Å². The minimum atomic E-state index is -0.114. The summed E-state index contributed by atoms with van der Waals surface area (Å²) < 4.78 is 2.71. The predicted molar refractivity (Wildman–Crippen MR) is 110 cm³/mol. The zero-order valence-corrected chi connectivity index (χ0v) is 16.3. The van der Waals surface area contributed by atoms with Crippen LogP contribution in [-0.4, -0.2) is 36.5 Å². The number of nitrogens with one attached hydrogen (secondary N) is 3. The second kappa shape index (κ2) is 6.82. The maximum Gasteiger partial charge on any atom is 0.229 e. The van der Waals surface area contributed by atoms with Gasteiger partial charge in [0.2, 0.25) is 11.8 Å². The van der Waals surface area contributed by atoms with Gasteiger partial charge in [0, 0.05) is 24.1 Å². The highest BCUT2D eigenvalue weighted by Gasteiger charge is 2.30. The van der Waals surface area contributed by atoms with Crippen LogP contribution in [-0.2, 0) is 9.59 Å². The summed E-state index contributed by atoms with van der Waals surface area (Å²) in [5.74, 6) is 0.702. The van der Waals surface area contributed by atoms with Gasteiger partial charge in [-0.3, -0.25) is 19.3 Å². The monoisotopic (exact) mass is 407 g/mol. The number of aromatic nitrogens is 5. The molecule has 2 amide bonds. The van der Waals surface area contributed by atoms with Gasteiger partial charge in [-0.1, -0.05) is 23.5 Å². The Morgan fingerprint density at radius 3 is 2.72 bits per heavy atom. The Bertz CT molecular complexity index is 1220. The average molecular weight is 407 g/mol. The summed E-state index contributed by atoms with van der Waals surface area (Å²) in [7, 11) is 0. The molecule has 5 rings (SSSR count). The number of rotatable bonds is 5. The second-order valence-corrected chi connectivity index (χ2v) is 7.91. The SMILES string of the molecule is CC(=O)Nc1ccc(-c2cncn2-c2n[nH]c3nc(NC(=O)C4CC4)sc23)cc1. The summed E-state index contributed by atoms with van der Waals surface area (Å²) in [6, 6.07) is 7.51. The van der Waals surface area contributed by atoms with Crippen LogP contribution in [0.15, 0.2) is 36.8 Å². The minimum absolute atomic E-state index is 0.0264. The number of benzene rings is 1. The Kier molecular flexibility index (Phi) is 4.13. The molecule has 3 heterocycles. The van der Waals surface area contributed by atoms with Crippen molar-refractivity contribution in [1.29, 1.82) is 0 Å². The fraction of sp³-hybridized carbons (Fsp3) is 0.211. The van der Waals surface area contributed by atoms with E-state index in [1.807, 2.05) is 28.8 Å². The van der Waals surface area contributed by atoms with Crippen molar-refractivity contribution in [3.8, 4) is 17.1 Å². The van der Waals surface area contributed by atoms with Crippen molar-refractivity contribution < 1.29 is 9.59 Å². The molecule has 9 nitrogen and oxygen atoms in total. The predicted octanol–water partition coefficient (Wildman–Crippen LogP) is 3.18. The zero-order valence-electron chi connectivity index (χ0n) is 15.5. The summed E-state index contributed by atoms with van der Waals surface area (Å²) in [4.78, 5) is 31.9. The van der Waals surface area contributed by atoms with E-state index in [1.165, 1.54) is 18.3 Å². The molecule has 3 N–H and O–H groups in total. The van der Waals surface area contributed by atoms with Crippen LogP contribution in [0.25, 0.3) is 27.4 Å². The summed E-state index contributed by atoms with van der Waals surface area (Å²) in [6.45, 7) is 1.47. The quantitative estimate of drug-likeness (QED) is 0.470. The molecule has 0 unspecified atom stereocenters. The fourth-order valence-electron chi connectivity index (χ4n) is 3.08. The molecule has 0 spiro atoms. The highest BCUT2D eigenvalue weighted by atomic mass is 32.1. The third kappa shape index (κ3) is 3.38. The molecule has 0 saturated heterocycles. The van der Waals surface area contributed by atoms with Crippen LogP contribution in [0.2, 0.25) is 0 Å². The summed E-state index contributed by atoms with van der Waals surface area (Å²) in [6.07, 6.45) is 5.33. The maximum absolute atomic E-state index is 12.0. The number of hydrogen-bond donors (Lipinski definition) is 3. The van der Waals surface area contributed by atoms with Gasteiger partial charge < -0.3 is 10.6 Å². The molecule has 1 aliphatic carbocycles. The lowest BCUT2D eigenvalue weighted by Gasteiger charge is -2.07. The van der Waals surface area contributed by atoms with E-state index in [0.29, 0.717) is 16.6 Å². The Balaban J connectivity index is 1.46.